The first kappa shape index (κ1) is 12.4. The quantitative estimate of drug-likeness (QED) is 0.378. The van der Waals surface area contributed by atoms with Gasteiger partial charge in [-0.25, -0.2) is 4.79 Å². The lowest BCUT2D eigenvalue weighted by Crippen LogP contribution is -2.30. The molecule has 2 heterocycles. The zero-order chi connectivity index (χ0) is 13.0. The average molecular weight is 267 g/mol. The number of fused-ring (bicyclic) bond motifs is 1. The Balaban J connectivity index is 2.22. The summed E-state index contributed by atoms with van der Waals surface area (Å²) in [5, 5.41) is 5.04. The zero-order valence-electron chi connectivity index (χ0n) is 9.20. The Kier molecular flexibility index (Phi) is 3.78. The Bertz CT molecular complexity index is 709. The number of thiophene rings is 1. The van der Waals surface area contributed by atoms with Gasteiger partial charge in [-0.05, 0) is 17.0 Å². The number of aromatic amines is 1. The highest BCUT2D eigenvalue weighted by Crippen LogP contribution is 2.14. The summed E-state index contributed by atoms with van der Waals surface area (Å²) >= 11 is 1.26. The molecule has 1 N–H and O–H groups in total. The van der Waals surface area contributed by atoms with E-state index in [0.29, 0.717) is 10.2 Å². The van der Waals surface area contributed by atoms with E-state index in [4.69, 9.17) is 10.3 Å². The van der Waals surface area contributed by atoms with E-state index < -0.39 is 11.2 Å². The predicted octanol–water partition coefficient (Wildman–Crippen LogP) is 1.04. The fourth-order valence-electron chi connectivity index (χ4n) is 1.45. The second kappa shape index (κ2) is 5.50. The molecule has 2 aromatic heterocycles. The van der Waals surface area contributed by atoms with Gasteiger partial charge in [0.2, 0.25) is 0 Å². The molecular formula is C9H9N5O3S. The number of aromatic nitrogens is 2. The number of hydrogen-bond donors (Lipinski definition) is 1. The number of hydrogen-bond acceptors (Lipinski definition) is 5. The van der Waals surface area contributed by atoms with Gasteiger partial charge in [-0.15, -0.1) is 11.3 Å². The van der Waals surface area contributed by atoms with Crippen molar-refractivity contribution in [1.29, 1.82) is 0 Å². The first-order valence-electron chi connectivity index (χ1n) is 5.03. The second-order valence-electron chi connectivity index (χ2n) is 3.31. The highest BCUT2D eigenvalue weighted by atomic mass is 32.1. The van der Waals surface area contributed by atoms with Gasteiger partial charge in [0.25, 0.3) is 5.56 Å². The lowest BCUT2D eigenvalue weighted by Gasteiger charge is -2.06. The molecule has 0 aliphatic heterocycles. The van der Waals surface area contributed by atoms with E-state index in [0.717, 1.165) is 0 Å². The molecule has 0 atom stereocenters. The van der Waals surface area contributed by atoms with Crippen molar-refractivity contribution in [2.45, 2.75) is 6.73 Å². The topological polar surface area (TPSA) is 113 Å². The van der Waals surface area contributed by atoms with Gasteiger partial charge in [0, 0.05) is 11.5 Å². The SMILES string of the molecule is [N-]=[N+]=NCCOCn1c(=O)[nH]c(=O)c2sccc21. The molecule has 0 aromatic carbocycles. The molecule has 0 aliphatic carbocycles. The van der Waals surface area contributed by atoms with E-state index >= 15 is 0 Å². The minimum absolute atomic E-state index is 0.00377. The molecular weight excluding hydrogens is 258 g/mol. The number of H-pyrrole nitrogens is 1. The fraction of sp³-hybridized carbons (Fsp3) is 0.333. The van der Waals surface area contributed by atoms with Crippen LogP contribution in [-0.4, -0.2) is 22.7 Å². The van der Waals surface area contributed by atoms with Crippen molar-refractivity contribution in [1.82, 2.24) is 9.55 Å². The Morgan fingerprint density at radius 3 is 3.17 bits per heavy atom. The standard InChI is InChI=1S/C9H9N5O3S/c10-13-11-2-3-17-5-14-6-1-4-18-7(6)8(15)12-9(14)16/h1,4H,2-3,5H2,(H,12,15,16). The molecule has 0 amide bonds. The molecule has 2 aromatic rings. The minimum atomic E-state index is -0.519. The van der Waals surface area contributed by atoms with Gasteiger partial charge in [0.05, 0.1) is 12.1 Å². The van der Waals surface area contributed by atoms with Crippen molar-refractivity contribution in [2.75, 3.05) is 13.2 Å². The van der Waals surface area contributed by atoms with Crippen molar-refractivity contribution in [3.8, 4) is 0 Å². The molecule has 0 aliphatic rings. The third kappa shape index (κ3) is 2.43. The maximum Gasteiger partial charge on any atom is 0.330 e. The van der Waals surface area contributed by atoms with Crippen LogP contribution in [0.1, 0.15) is 0 Å². The van der Waals surface area contributed by atoms with Gasteiger partial charge in [-0.2, -0.15) is 0 Å². The normalized spacial score (nSPS) is 10.4. The largest absolute Gasteiger partial charge is 0.360 e. The van der Waals surface area contributed by atoms with Crippen LogP contribution in [0.4, 0.5) is 0 Å². The number of nitrogens with zero attached hydrogens (tertiary/aromatic N) is 4. The third-order valence-electron chi connectivity index (χ3n) is 2.23. The number of rotatable bonds is 5. The summed E-state index contributed by atoms with van der Waals surface area (Å²) in [6, 6.07) is 1.69. The van der Waals surface area contributed by atoms with Crippen LogP contribution in [-0.2, 0) is 11.5 Å². The van der Waals surface area contributed by atoms with Gasteiger partial charge in [-0.3, -0.25) is 14.3 Å². The van der Waals surface area contributed by atoms with Gasteiger partial charge in [0.15, 0.2) is 0 Å². The predicted molar refractivity (Wildman–Crippen MR) is 66.7 cm³/mol. The molecule has 0 spiro atoms. The van der Waals surface area contributed by atoms with E-state index in [2.05, 4.69) is 15.0 Å². The lowest BCUT2D eigenvalue weighted by molar-refractivity contribution is 0.0829. The molecule has 0 fully saturated rings. The molecule has 0 unspecified atom stereocenters. The van der Waals surface area contributed by atoms with E-state index in [9.17, 15) is 9.59 Å². The van der Waals surface area contributed by atoms with Gasteiger partial charge >= 0.3 is 5.69 Å². The van der Waals surface area contributed by atoms with Crippen molar-refractivity contribution in [2.24, 2.45) is 5.11 Å². The molecule has 0 bridgehead atoms. The summed E-state index contributed by atoms with van der Waals surface area (Å²) < 4.78 is 7.00. The fourth-order valence-corrected chi connectivity index (χ4v) is 2.24. The smallest absolute Gasteiger partial charge is 0.330 e. The van der Waals surface area contributed by atoms with Crippen LogP contribution in [0.5, 0.6) is 0 Å². The Morgan fingerprint density at radius 2 is 2.39 bits per heavy atom. The van der Waals surface area contributed by atoms with Crippen LogP contribution in [0.15, 0.2) is 26.1 Å². The maximum atomic E-state index is 11.6. The van der Waals surface area contributed by atoms with Crippen molar-refractivity contribution in [3.63, 3.8) is 0 Å². The van der Waals surface area contributed by atoms with Crippen LogP contribution in [0, 0.1) is 0 Å². The highest BCUT2D eigenvalue weighted by molar-refractivity contribution is 7.17. The first-order chi connectivity index (χ1) is 8.74. The molecule has 9 heteroatoms. The minimum Gasteiger partial charge on any atom is -0.360 e. The molecule has 94 valence electrons. The van der Waals surface area contributed by atoms with Crippen LogP contribution >= 0.6 is 11.3 Å². The summed E-state index contributed by atoms with van der Waals surface area (Å²) in [6.07, 6.45) is 0. The van der Waals surface area contributed by atoms with Crippen LogP contribution in [0.25, 0.3) is 20.7 Å². The second-order valence-corrected chi connectivity index (χ2v) is 4.23. The Morgan fingerprint density at radius 1 is 1.56 bits per heavy atom. The summed E-state index contributed by atoms with van der Waals surface area (Å²) in [7, 11) is 0. The summed E-state index contributed by atoms with van der Waals surface area (Å²) in [5.41, 5.74) is 7.71. The molecule has 18 heavy (non-hydrogen) atoms. The van der Waals surface area contributed by atoms with Crippen LogP contribution < -0.4 is 11.2 Å². The monoisotopic (exact) mass is 267 g/mol. The Hall–Kier alpha value is -2.09. The highest BCUT2D eigenvalue weighted by Gasteiger charge is 2.07. The van der Waals surface area contributed by atoms with Crippen LogP contribution in [0.2, 0.25) is 0 Å². The lowest BCUT2D eigenvalue weighted by atomic mass is 10.4. The third-order valence-corrected chi connectivity index (χ3v) is 3.13. The molecule has 8 nitrogen and oxygen atoms in total. The van der Waals surface area contributed by atoms with Crippen molar-refractivity contribution < 1.29 is 4.74 Å². The maximum absolute atomic E-state index is 11.6. The van der Waals surface area contributed by atoms with Gasteiger partial charge in [0.1, 0.15) is 11.4 Å². The summed E-state index contributed by atoms with van der Waals surface area (Å²) in [6.45, 7) is 0.409. The van der Waals surface area contributed by atoms with E-state index in [1.54, 1.807) is 11.4 Å². The van der Waals surface area contributed by atoms with Crippen molar-refractivity contribution >= 4 is 21.6 Å². The molecule has 0 saturated carbocycles. The molecule has 0 saturated heterocycles. The van der Waals surface area contributed by atoms with E-state index in [-0.39, 0.29) is 19.9 Å². The van der Waals surface area contributed by atoms with Gasteiger partial charge in [-0.1, -0.05) is 5.11 Å². The Labute approximate surface area is 104 Å². The number of ether oxygens (including phenoxy) is 1. The van der Waals surface area contributed by atoms with E-state index in [1.807, 2.05) is 0 Å². The van der Waals surface area contributed by atoms with Crippen molar-refractivity contribution in [3.05, 3.63) is 42.7 Å². The first-order valence-corrected chi connectivity index (χ1v) is 5.91. The van der Waals surface area contributed by atoms with E-state index in [1.165, 1.54) is 15.9 Å². The zero-order valence-corrected chi connectivity index (χ0v) is 10.0. The number of azide groups is 1. The number of nitrogens with one attached hydrogen (secondary N) is 1. The van der Waals surface area contributed by atoms with Gasteiger partial charge < -0.3 is 4.74 Å². The van der Waals surface area contributed by atoms with Crippen LogP contribution in [0.3, 0.4) is 0 Å². The molecule has 0 radical (unpaired) electrons. The summed E-state index contributed by atoms with van der Waals surface area (Å²) in [4.78, 5) is 27.9. The molecule has 2 rings (SSSR count). The average Bonchev–Trinajstić information content (AvgIpc) is 2.82. The summed E-state index contributed by atoms with van der Waals surface area (Å²) in [5.74, 6) is 0.